The van der Waals surface area contributed by atoms with Gasteiger partial charge >= 0.3 is 17.9 Å². The second-order valence-electron chi connectivity index (χ2n) is 18.2. The van der Waals surface area contributed by atoms with Gasteiger partial charge in [-0.3, -0.25) is 14.4 Å². The fraction of sp³-hybridized carbons (Fsp3) is 0.907. The quantitative estimate of drug-likeness (QED) is 0.0263. The standard InChI is InChI=1S/C54H102O6/c1-4-7-10-13-16-19-22-24-26-27-28-29-31-32-35-38-41-44-47-53(56)59-50-51(49-58-52(55)46-43-40-37-34-21-18-15-12-9-6-3)60-54(57)48-45-42-39-36-33-30-25-23-20-17-14-11-8-5-2/h28-29,51H,4-27,30-50H2,1-3H3/b29-28-. The Morgan fingerprint density at radius 3 is 0.833 bits per heavy atom. The van der Waals surface area contributed by atoms with E-state index in [-0.39, 0.29) is 31.1 Å². The van der Waals surface area contributed by atoms with Crippen molar-refractivity contribution in [2.45, 2.75) is 303 Å². The lowest BCUT2D eigenvalue weighted by Crippen LogP contribution is -2.30. The van der Waals surface area contributed by atoms with Gasteiger partial charge in [-0.25, -0.2) is 0 Å². The molecule has 0 spiro atoms. The number of hydrogen-bond donors (Lipinski definition) is 0. The summed E-state index contributed by atoms with van der Waals surface area (Å²) in [5, 5.41) is 0. The average molecular weight is 847 g/mol. The zero-order valence-corrected chi connectivity index (χ0v) is 40.5. The van der Waals surface area contributed by atoms with Crippen LogP contribution in [0.4, 0.5) is 0 Å². The highest BCUT2D eigenvalue weighted by molar-refractivity contribution is 5.71. The molecule has 1 unspecified atom stereocenters. The topological polar surface area (TPSA) is 78.9 Å². The largest absolute Gasteiger partial charge is 0.462 e. The number of esters is 3. The molecule has 0 aliphatic rings. The molecule has 0 amide bonds. The number of carbonyl (C=O) groups excluding carboxylic acids is 3. The van der Waals surface area contributed by atoms with Crippen molar-refractivity contribution >= 4 is 17.9 Å². The van der Waals surface area contributed by atoms with Gasteiger partial charge in [0.15, 0.2) is 6.10 Å². The highest BCUT2D eigenvalue weighted by atomic mass is 16.6. The molecule has 0 rings (SSSR count). The van der Waals surface area contributed by atoms with Crippen LogP contribution in [-0.4, -0.2) is 37.2 Å². The van der Waals surface area contributed by atoms with Crippen LogP contribution in [0.5, 0.6) is 0 Å². The Hall–Kier alpha value is -1.85. The fourth-order valence-electron chi connectivity index (χ4n) is 7.97. The van der Waals surface area contributed by atoms with Gasteiger partial charge in [-0.1, -0.05) is 245 Å². The Morgan fingerprint density at radius 2 is 0.550 bits per heavy atom. The normalized spacial score (nSPS) is 12.0. The summed E-state index contributed by atoms with van der Waals surface area (Å²) in [7, 11) is 0. The zero-order chi connectivity index (χ0) is 43.7. The van der Waals surface area contributed by atoms with E-state index < -0.39 is 6.10 Å². The average Bonchev–Trinajstić information content (AvgIpc) is 3.24. The van der Waals surface area contributed by atoms with Crippen LogP contribution in [0.1, 0.15) is 297 Å². The van der Waals surface area contributed by atoms with E-state index in [1.165, 1.54) is 193 Å². The minimum Gasteiger partial charge on any atom is -0.462 e. The molecule has 6 heteroatoms. The van der Waals surface area contributed by atoms with Crippen LogP contribution < -0.4 is 0 Å². The van der Waals surface area contributed by atoms with Gasteiger partial charge in [0, 0.05) is 19.3 Å². The second-order valence-corrected chi connectivity index (χ2v) is 18.2. The van der Waals surface area contributed by atoms with Crippen molar-refractivity contribution in [3.63, 3.8) is 0 Å². The summed E-state index contributed by atoms with van der Waals surface area (Å²) >= 11 is 0. The number of unbranched alkanes of at least 4 members (excludes halogenated alkanes) is 36. The fourth-order valence-corrected chi connectivity index (χ4v) is 7.97. The number of ether oxygens (including phenoxy) is 3. The van der Waals surface area contributed by atoms with Crippen LogP contribution in [0.25, 0.3) is 0 Å². The maximum Gasteiger partial charge on any atom is 0.306 e. The van der Waals surface area contributed by atoms with Crippen molar-refractivity contribution in [2.24, 2.45) is 0 Å². The second kappa shape index (κ2) is 49.8. The lowest BCUT2D eigenvalue weighted by Gasteiger charge is -2.18. The number of rotatable bonds is 49. The molecule has 6 nitrogen and oxygen atoms in total. The molecule has 0 aliphatic heterocycles. The van der Waals surface area contributed by atoms with Crippen LogP contribution in [0.15, 0.2) is 12.2 Å². The molecule has 1 atom stereocenters. The van der Waals surface area contributed by atoms with Gasteiger partial charge in [0.05, 0.1) is 0 Å². The summed E-state index contributed by atoms with van der Waals surface area (Å²) in [5.74, 6) is -0.860. The maximum absolute atomic E-state index is 12.8. The maximum atomic E-state index is 12.8. The van der Waals surface area contributed by atoms with Gasteiger partial charge in [-0.05, 0) is 44.9 Å². The van der Waals surface area contributed by atoms with Crippen LogP contribution in [0, 0.1) is 0 Å². The minimum atomic E-state index is -0.766. The van der Waals surface area contributed by atoms with Crippen LogP contribution in [-0.2, 0) is 28.6 Å². The van der Waals surface area contributed by atoms with Crippen molar-refractivity contribution in [2.75, 3.05) is 13.2 Å². The lowest BCUT2D eigenvalue weighted by molar-refractivity contribution is -0.167. The van der Waals surface area contributed by atoms with Gasteiger partial charge in [0.1, 0.15) is 13.2 Å². The van der Waals surface area contributed by atoms with Crippen molar-refractivity contribution < 1.29 is 28.6 Å². The van der Waals surface area contributed by atoms with Gasteiger partial charge in [-0.2, -0.15) is 0 Å². The van der Waals surface area contributed by atoms with Crippen molar-refractivity contribution in [3.05, 3.63) is 12.2 Å². The predicted octanol–water partition coefficient (Wildman–Crippen LogP) is 17.4. The zero-order valence-electron chi connectivity index (χ0n) is 40.5. The van der Waals surface area contributed by atoms with Crippen LogP contribution in [0.2, 0.25) is 0 Å². The third-order valence-electron chi connectivity index (χ3n) is 12.0. The van der Waals surface area contributed by atoms with E-state index in [2.05, 4.69) is 32.9 Å². The van der Waals surface area contributed by atoms with Crippen molar-refractivity contribution in [1.29, 1.82) is 0 Å². The molecule has 0 radical (unpaired) electrons. The number of carbonyl (C=O) groups is 3. The Balaban J connectivity index is 4.28. The highest BCUT2D eigenvalue weighted by Crippen LogP contribution is 2.16. The van der Waals surface area contributed by atoms with Gasteiger partial charge in [-0.15, -0.1) is 0 Å². The molecule has 0 aromatic rings. The molecule has 0 heterocycles. The van der Waals surface area contributed by atoms with E-state index in [9.17, 15) is 14.4 Å². The molecule has 354 valence electrons. The van der Waals surface area contributed by atoms with Gasteiger partial charge < -0.3 is 14.2 Å². The first kappa shape index (κ1) is 58.1. The molecular weight excluding hydrogens is 745 g/mol. The van der Waals surface area contributed by atoms with E-state index in [0.717, 1.165) is 64.2 Å². The molecule has 0 aromatic heterocycles. The Bertz CT molecular complexity index is 931. The Kier molecular flexibility index (Phi) is 48.3. The molecule has 0 aliphatic carbocycles. The highest BCUT2D eigenvalue weighted by Gasteiger charge is 2.19. The van der Waals surface area contributed by atoms with Gasteiger partial charge in [0.25, 0.3) is 0 Å². The molecular formula is C54H102O6. The molecule has 0 aromatic carbocycles. The molecule has 0 saturated carbocycles. The molecule has 0 saturated heterocycles. The van der Waals surface area contributed by atoms with Crippen molar-refractivity contribution in [3.8, 4) is 0 Å². The smallest absolute Gasteiger partial charge is 0.306 e. The predicted molar refractivity (Wildman–Crippen MR) is 256 cm³/mol. The SMILES string of the molecule is CCCCCCCCCCC/C=C\CCCCCCCC(=O)OCC(COC(=O)CCCCCCCCCCCC)OC(=O)CCCCCCCCCCCCCCCC. The third kappa shape index (κ3) is 47.2. The van der Waals surface area contributed by atoms with Crippen LogP contribution in [0.3, 0.4) is 0 Å². The van der Waals surface area contributed by atoms with Crippen LogP contribution >= 0.6 is 0 Å². The summed E-state index contributed by atoms with van der Waals surface area (Å²) in [6, 6.07) is 0. The Morgan fingerprint density at radius 1 is 0.317 bits per heavy atom. The van der Waals surface area contributed by atoms with E-state index in [4.69, 9.17) is 14.2 Å². The van der Waals surface area contributed by atoms with Crippen molar-refractivity contribution in [1.82, 2.24) is 0 Å². The lowest BCUT2D eigenvalue weighted by atomic mass is 10.0. The molecule has 0 bridgehead atoms. The van der Waals surface area contributed by atoms with E-state index in [0.29, 0.717) is 19.3 Å². The summed E-state index contributed by atoms with van der Waals surface area (Å²) < 4.78 is 16.8. The first-order chi connectivity index (χ1) is 29.5. The molecule has 0 N–H and O–H groups in total. The molecule has 0 fully saturated rings. The first-order valence-corrected chi connectivity index (χ1v) is 26.7. The minimum absolute atomic E-state index is 0.0675. The van der Waals surface area contributed by atoms with E-state index >= 15 is 0 Å². The summed E-state index contributed by atoms with van der Waals surface area (Å²) in [4.78, 5) is 37.9. The Labute approximate surface area is 373 Å². The first-order valence-electron chi connectivity index (χ1n) is 26.7. The molecule has 60 heavy (non-hydrogen) atoms. The number of hydrogen-bond acceptors (Lipinski definition) is 6. The summed E-state index contributed by atoms with van der Waals surface area (Å²) in [6.45, 7) is 6.66. The monoisotopic (exact) mass is 847 g/mol. The third-order valence-corrected chi connectivity index (χ3v) is 12.0. The van der Waals surface area contributed by atoms with E-state index in [1.54, 1.807) is 0 Å². The summed E-state index contributed by atoms with van der Waals surface area (Å²) in [6.07, 6.45) is 54.8. The number of allylic oxidation sites excluding steroid dienone is 2. The van der Waals surface area contributed by atoms with Gasteiger partial charge in [0.2, 0.25) is 0 Å². The van der Waals surface area contributed by atoms with E-state index in [1.807, 2.05) is 0 Å². The summed E-state index contributed by atoms with van der Waals surface area (Å²) in [5.41, 5.74) is 0.